The molecule has 0 saturated heterocycles. The van der Waals surface area contributed by atoms with Crippen LogP contribution < -0.4 is 4.72 Å². The lowest BCUT2D eigenvalue weighted by Gasteiger charge is -2.04. The van der Waals surface area contributed by atoms with Crippen LogP contribution in [0.2, 0.25) is 0 Å². The quantitative estimate of drug-likeness (QED) is 0.612. The summed E-state index contributed by atoms with van der Waals surface area (Å²) in [6.07, 6.45) is 3.57. The van der Waals surface area contributed by atoms with Crippen LogP contribution in [0.25, 0.3) is 0 Å². The molecule has 1 heterocycles. The van der Waals surface area contributed by atoms with Gasteiger partial charge in [0.2, 0.25) is 0 Å². The van der Waals surface area contributed by atoms with Crippen molar-refractivity contribution in [3.8, 4) is 0 Å². The normalized spacial score (nSPS) is 11.6. The first kappa shape index (κ1) is 14.0. The second-order valence-corrected chi connectivity index (χ2v) is 5.85. The lowest BCUT2D eigenvalue weighted by Crippen LogP contribution is -2.27. The number of thioether (sulfide) groups is 1. The van der Waals surface area contributed by atoms with Crippen LogP contribution in [0.5, 0.6) is 0 Å². The number of sulfonamides is 1. The molecule has 0 aliphatic rings. The van der Waals surface area contributed by atoms with Crippen LogP contribution in [-0.2, 0) is 10.0 Å². The number of carbonyl (C=O) groups is 1. The predicted molar refractivity (Wildman–Crippen MR) is 63.7 cm³/mol. The molecule has 0 radical (unpaired) electrons. The number of nitrogens with zero attached hydrogens (tertiary/aromatic N) is 1. The summed E-state index contributed by atoms with van der Waals surface area (Å²) in [7, 11) is -3.83. The van der Waals surface area contributed by atoms with Crippen LogP contribution in [-0.4, -0.2) is 48.2 Å². The lowest BCUT2D eigenvalue weighted by molar-refractivity contribution is 0.0692. The molecule has 1 aromatic rings. The standard InChI is InChI=1S/C8H13N3O4S2/c1-16-4-2-3-10-17(14,15)7-6(8(12)13)5-9-11-7/h5,10H,2-4H2,1H3,(H,9,11)(H,12,13). The van der Waals surface area contributed by atoms with Crippen LogP contribution >= 0.6 is 11.8 Å². The van der Waals surface area contributed by atoms with Crippen molar-refractivity contribution in [2.24, 2.45) is 0 Å². The van der Waals surface area contributed by atoms with Crippen molar-refractivity contribution in [3.05, 3.63) is 11.8 Å². The van der Waals surface area contributed by atoms with E-state index >= 15 is 0 Å². The summed E-state index contributed by atoms with van der Waals surface area (Å²) >= 11 is 1.61. The lowest BCUT2D eigenvalue weighted by atomic mass is 10.4. The fraction of sp³-hybridized carbons (Fsp3) is 0.500. The molecule has 3 N–H and O–H groups in total. The van der Waals surface area contributed by atoms with Crippen LogP contribution in [0, 0.1) is 0 Å². The highest BCUT2D eigenvalue weighted by molar-refractivity contribution is 7.98. The fourth-order valence-electron chi connectivity index (χ4n) is 1.13. The summed E-state index contributed by atoms with van der Waals surface area (Å²) in [4.78, 5) is 10.8. The first-order valence-electron chi connectivity index (χ1n) is 4.74. The third kappa shape index (κ3) is 3.72. The Morgan fingerprint density at radius 1 is 1.65 bits per heavy atom. The highest BCUT2D eigenvalue weighted by Crippen LogP contribution is 2.11. The second kappa shape index (κ2) is 6.03. The molecule has 0 fully saturated rings. The molecule has 7 nitrogen and oxygen atoms in total. The molecule has 1 aromatic heterocycles. The molecule has 0 saturated carbocycles. The van der Waals surface area contributed by atoms with Crippen molar-refractivity contribution >= 4 is 27.8 Å². The molecule has 17 heavy (non-hydrogen) atoms. The second-order valence-electron chi connectivity index (χ2n) is 3.16. The van der Waals surface area contributed by atoms with Crippen molar-refractivity contribution in [2.75, 3.05) is 18.6 Å². The van der Waals surface area contributed by atoms with Gasteiger partial charge in [0, 0.05) is 6.54 Å². The van der Waals surface area contributed by atoms with Crippen molar-refractivity contribution in [1.29, 1.82) is 0 Å². The number of H-pyrrole nitrogens is 1. The summed E-state index contributed by atoms with van der Waals surface area (Å²) in [5.74, 6) is -0.500. The molecule has 1 rings (SSSR count). The zero-order valence-corrected chi connectivity index (χ0v) is 10.8. The number of aromatic carboxylic acids is 1. The fourth-order valence-corrected chi connectivity index (χ4v) is 2.72. The molecule has 9 heteroatoms. The largest absolute Gasteiger partial charge is 0.478 e. The highest BCUT2D eigenvalue weighted by Gasteiger charge is 2.24. The topological polar surface area (TPSA) is 112 Å². The van der Waals surface area contributed by atoms with E-state index in [4.69, 9.17) is 5.11 Å². The predicted octanol–water partition coefficient (Wildman–Crippen LogP) is 0.139. The molecule has 0 unspecified atom stereocenters. The molecule has 0 spiro atoms. The Kier molecular flexibility index (Phi) is 4.97. The van der Waals surface area contributed by atoms with Gasteiger partial charge in [0.05, 0.1) is 6.20 Å². The van der Waals surface area contributed by atoms with Crippen LogP contribution in [0.3, 0.4) is 0 Å². The number of aromatic nitrogens is 2. The minimum absolute atomic E-state index is 0.265. The van der Waals surface area contributed by atoms with E-state index in [-0.39, 0.29) is 12.1 Å². The number of carboxylic acids is 1. The van der Waals surface area contributed by atoms with Gasteiger partial charge in [-0.1, -0.05) is 0 Å². The van der Waals surface area contributed by atoms with Gasteiger partial charge in [0.25, 0.3) is 10.0 Å². The average Bonchev–Trinajstić information content (AvgIpc) is 2.74. The summed E-state index contributed by atoms with van der Waals surface area (Å²) in [5.41, 5.74) is -0.359. The van der Waals surface area contributed by atoms with Crippen LogP contribution in [0.4, 0.5) is 0 Å². The zero-order valence-electron chi connectivity index (χ0n) is 9.13. The molecule has 0 aliphatic heterocycles. The van der Waals surface area contributed by atoms with Crippen LogP contribution in [0.1, 0.15) is 16.8 Å². The van der Waals surface area contributed by atoms with Crippen molar-refractivity contribution in [3.63, 3.8) is 0 Å². The Morgan fingerprint density at radius 3 is 2.94 bits per heavy atom. The first-order chi connectivity index (χ1) is 7.99. The van der Waals surface area contributed by atoms with Gasteiger partial charge in [-0.3, -0.25) is 5.10 Å². The average molecular weight is 279 g/mol. The molecule has 0 aliphatic carbocycles. The summed E-state index contributed by atoms with van der Waals surface area (Å²) in [5, 5.41) is 14.0. The van der Waals surface area contributed by atoms with Gasteiger partial charge in [-0.05, 0) is 18.4 Å². The molecule has 0 aromatic carbocycles. The Labute approximate surface area is 103 Å². The third-order valence-electron chi connectivity index (χ3n) is 1.92. The number of hydrogen-bond acceptors (Lipinski definition) is 5. The third-order valence-corrected chi connectivity index (χ3v) is 4.05. The monoisotopic (exact) mass is 279 g/mol. The molecule has 0 bridgehead atoms. The Morgan fingerprint density at radius 2 is 2.35 bits per heavy atom. The smallest absolute Gasteiger partial charge is 0.340 e. The van der Waals surface area contributed by atoms with Crippen molar-refractivity contribution < 1.29 is 18.3 Å². The number of aromatic amines is 1. The SMILES string of the molecule is CSCCCNS(=O)(=O)c1[nH]ncc1C(=O)O. The van der Waals surface area contributed by atoms with Crippen molar-refractivity contribution in [1.82, 2.24) is 14.9 Å². The molecular weight excluding hydrogens is 266 g/mol. The van der Waals surface area contributed by atoms with Crippen LogP contribution in [0.15, 0.2) is 11.2 Å². The summed E-state index contributed by atoms with van der Waals surface area (Å²) in [6.45, 7) is 0.265. The van der Waals surface area contributed by atoms with E-state index in [0.29, 0.717) is 6.42 Å². The van der Waals surface area contributed by atoms with Gasteiger partial charge in [0.1, 0.15) is 5.56 Å². The number of carboxylic acid groups (broad SMARTS) is 1. The number of nitrogens with one attached hydrogen (secondary N) is 2. The zero-order chi connectivity index (χ0) is 12.9. The highest BCUT2D eigenvalue weighted by atomic mass is 32.2. The summed E-state index contributed by atoms with van der Waals surface area (Å²) < 4.78 is 25.8. The van der Waals surface area contributed by atoms with E-state index in [9.17, 15) is 13.2 Å². The van der Waals surface area contributed by atoms with Crippen molar-refractivity contribution in [2.45, 2.75) is 11.4 Å². The van der Waals surface area contributed by atoms with Gasteiger partial charge in [-0.25, -0.2) is 17.9 Å². The van der Waals surface area contributed by atoms with E-state index in [1.165, 1.54) is 0 Å². The number of rotatable bonds is 7. The first-order valence-corrected chi connectivity index (χ1v) is 7.62. The Bertz CT molecular complexity index is 483. The van der Waals surface area contributed by atoms with Gasteiger partial charge >= 0.3 is 5.97 Å². The molecular formula is C8H13N3O4S2. The van der Waals surface area contributed by atoms with E-state index in [1.54, 1.807) is 11.8 Å². The summed E-state index contributed by atoms with van der Waals surface area (Å²) in [6, 6.07) is 0. The van der Waals surface area contributed by atoms with E-state index in [1.807, 2.05) is 6.26 Å². The molecule has 0 atom stereocenters. The van der Waals surface area contributed by atoms with Gasteiger partial charge < -0.3 is 5.11 Å². The molecule has 0 amide bonds. The minimum atomic E-state index is -3.83. The Balaban J connectivity index is 2.76. The van der Waals surface area contributed by atoms with E-state index in [2.05, 4.69) is 14.9 Å². The maximum atomic E-state index is 11.7. The number of hydrogen-bond donors (Lipinski definition) is 3. The maximum Gasteiger partial charge on any atom is 0.340 e. The van der Waals surface area contributed by atoms with E-state index in [0.717, 1.165) is 11.9 Å². The van der Waals surface area contributed by atoms with E-state index < -0.39 is 21.0 Å². The maximum absolute atomic E-state index is 11.7. The van der Waals surface area contributed by atoms with Gasteiger partial charge in [0.15, 0.2) is 5.03 Å². The molecule has 96 valence electrons. The Hall–Kier alpha value is -1.06. The minimum Gasteiger partial charge on any atom is -0.478 e. The van der Waals surface area contributed by atoms with Gasteiger partial charge in [-0.2, -0.15) is 16.9 Å². The van der Waals surface area contributed by atoms with Gasteiger partial charge in [-0.15, -0.1) is 0 Å².